The number of carbonyl (C=O) groups excluding carboxylic acids is 2. The Balaban J connectivity index is 1.12. The van der Waals surface area contributed by atoms with E-state index in [0.717, 1.165) is 73.8 Å². The Morgan fingerprint density at radius 2 is 1.85 bits per heavy atom. The highest BCUT2D eigenvalue weighted by Crippen LogP contribution is 2.41. The van der Waals surface area contributed by atoms with Crippen LogP contribution in [0.15, 0.2) is 30.6 Å². The van der Waals surface area contributed by atoms with Crippen molar-refractivity contribution in [1.82, 2.24) is 29.7 Å². The summed E-state index contributed by atoms with van der Waals surface area (Å²) in [6, 6.07) is 6.97. The second-order valence-electron chi connectivity index (χ2n) is 12.3. The van der Waals surface area contributed by atoms with Gasteiger partial charge in [-0.1, -0.05) is 19.3 Å². The molecule has 1 N–H and O–H groups in total. The Bertz CT molecular complexity index is 1430. The molecule has 3 saturated heterocycles. The number of anilines is 1. The lowest BCUT2D eigenvalue weighted by Crippen LogP contribution is -2.50. The summed E-state index contributed by atoms with van der Waals surface area (Å²) in [5.41, 5.74) is 2.69. The summed E-state index contributed by atoms with van der Waals surface area (Å²) in [5, 5.41) is 4.52. The van der Waals surface area contributed by atoms with Crippen LogP contribution in [0.4, 0.5) is 10.5 Å². The number of amides is 2. The fraction of sp³-hybridized carbons (Fsp3) is 0.567. The lowest BCUT2D eigenvalue weighted by Gasteiger charge is -2.36. The molecule has 2 unspecified atom stereocenters. The molecule has 4 fully saturated rings. The number of nitrogens with one attached hydrogen (secondary N) is 1. The Hall–Kier alpha value is -3.53. The molecule has 10 nitrogen and oxygen atoms in total. The molecule has 2 bridgehead atoms. The third kappa shape index (κ3) is 4.52. The number of fused-ring (bicyclic) bond motifs is 3. The molecule has 1 aliphatic carbocycles. The van der Waals surface area contributed by atoms with Gasteiger partial charge in [0, 0.05) is 62.3 Å². The Kier molecular flexibility index (Phi) is 6.25. The molecule has 3 aromatic heterocycles. The molecule has 7 rings (SSSR count). The molecular weight excluding hydrogens is 506 g/mol. The lowest BCUT2D eigenvalue weighted by molar-refractivity contribution is 0.0161. The number of carbonyl (C=O) groups is 2. The van der Waals surface area contributed by atoms with Crippen molar-refractivity contribution in [3.8, 4) is 0 Å². The number of nitrogens with zero attached hydrogens (tertiary/aromatic N) is 6. The average molecular weight is 544 g/mol. The van der Waals surface area contributed by atoms with Crippen LogP contribution in [0.5, 0.6) is 0 Å². The monoisotopic (exact) mass is 543 g/mol. The zero-order chi connectivity index (χ0) is 27.4. The van der Waals surface area contributed by atoms with Crippen LogP contribution in [0.2, 0.25) is 0 Å². The van der Waals surface area contributed by atoms with Crippen LogP contribution in [0.3, 0.4) is 0 Å². The molecule has 2 atom stereocenters. The maximum atomic E-state index is 13.1. The minimum atomic E-state index is -0.393. The Labute approximate surface area is 234 Å². The minimum absolute atomic E-state index is 0.0123. The molecule has 2 amide bonds. The van der Waals surface area contributed by atoms with Crippen LogP contribution in [-0.4, -0.2) is 74.7 Å². The van der Waals surface area contributed by atoms with Crippen LogP contribution in [0.25, 0.3) is 11.0 Å². The quantitative estimate of drug-likeness (QED) is 0.513. The highest BCUT2D eigenvalue weighted by atomic mass is 16.6. The second kappa shape index (κ2) is 9.83. The predicted molar refractivity (Wildman–Crippen MR) is 150 cm³/mol. The maximum Gasteiger partial charge on any atom is 0.415 e. The van der Waals surface area contributed by atoms with E-state index in [1.807, 2.05) is 24.4 Å². The molecule has 6 heterocycles. The first-order valence-electron chi connectivity index (χ1n) is 14.7. The summed E-state index contributed by atoms with van der Waals surface area (Å²) in [7, 11) is 3.57. The van der Waals surface area contributed by atoms with Gasteiger partial charge in [-0.05, 0) is 43.9 Å². The van der Waals surface area contributed by atoms with Crippen LogP contribution in [0.1, 0.15) is 85.8 Å². The SMILES string of the molecule is CN(C)C(=O)c1cc2cnc(Cc3ccc(N4CC5(CC6CCC(C5)N6)OC4=O)cn3)nc2n1C1CCCCC1. The molecule has 0 aromatic carbocycles. The number of rotatable bonds is 5. The Morgan fingerprint density at radius 1 is 1.07 bits per heavy atom. The van der Waals surface area contributed by atoms with Crippen molar-refractivity contribution in [2.24, 2.45) is 0 Å². The van der Waals surface area contributed by atoms with Gasteiger partial charge in [0.25, 0.3) is 5.91 Å². The number of pyridine rings is 1. The van der Waals surface area contributed by atoms with Crippen molar-refractivity contribution < 1.29 is 14.3 Å². The number of ether oxygens (including phenoxy) is 1. The van der Waals surface area contributed by atoms with E-state index in [9.17, 15) is 9.59 Å². The van der Waals surface area contributed by atoms with E-state index in [0.29, 0.717) is 36.6 Å². The fourth-order valence-electron chi connectivity index (χ4n) is 7.31. The second-order valence-corrected chi connectivity index (χ2v) is 12.3. The molecule has 10 heteroatoms. The van der Waals surface area contributed by atoms with Crippen molar-refractivity contribution >= 4 is 28.7 Å². The molecule has 1 saturated carbocycles. The summed E-state index contributed by atoms with van der Waals surface area (Å²) in [4.78, 5) is 43.5. The van der Waals surface area contributed by atoms with Gasteiger partial charge in [-0.3, -0.25) is 14.7 Å². The van der Waals surface area contributed by atoms with E-state index in [4.69, 9.17) is 9.72 Å². The first-order valence-corrected chi connectivity index (χ1v) is 14.7. The minimum Gasteiger partial charge on any atom is -0.441 e. The van der Waals surface area contributed by atoms with Gasteiger partial charge in [0.15, 0.2) is 0 Å². The van der Waals surface area contributed by atoms with Gasteiger partial charge in [0.2, 0.25) is 0 Å². The molecule has 4 aliphatic rings. The van der Waals surface area contributed by atoms with Crippen LogP contribution in [0, 0.1) is 0 Å². The van der Waals surface area contributed by atoms with Gasteiger partial charge < -0.3 is 19.5 Å². The standard InChI is InChI=1S/C30H37N7O3/c1-35(2)28(38)25-12-19-16-32-26(34-27(19)37(25)23-6-4-3-5-7-23)13-20-10-11-24(17-31-20)36-18-30(40-29(36)39)14-21-8-9-22(15-30)33-21/h10-12,16-17,21-23,33H,3-9,13-15,18H2,1-2H3. The highest BCUT2D eigenvalue weighted by Gasteiger charge is 2.52. The number of hydrogen-bond donors (Lipinski definition) is 1. The number of aromatic nitrogens is 4. The normalized spacial score (nSPS) is 26.6. The zero-order valence-electron chi connectivity index (χ0n) is 23.3. The largest absolute Gasteiger partial charge is 0.441 e. The van der Waals surface area contributed by atoms with E-state index >= 15 is 0 Å². The third-order valence-corrected chi connectivity index (χ3v) is 9.19. The maximum absolute atomic E-state index is 13.1. The Morgan fingerprint density at radius 3 is 2.55 bits per heavy atom. The van der Waals surface area contributed by atoms with Crippen LogP contribution in [-0.2, 0) is 11.2 Å². The van der Waals surface area contributed by atoms with E-state index < -0.39 is 5.60 Å². The summed E-state index contributed by atoms with van der Waals surface area (Å²) in [6.07, 6.45) is 13.5. The molecular formula is C30H37N7O3. The lowest BCUT2D eigenvalue weighted by atomic mass is 9.87. The predicted octanol–water partition coefficient (Wildman–Crippen LogP) is 4.23. The first-order chi connectivity index (χ1) is 19.4. The fourth-order valence-corrected chi connectivity index (χ4v) is 7.31. The summed E-state index contributed by atoms with van der Waals surface area (Å²) < 4.78 is 8.12. The van der Waals surface area contributed by atoms with Gasteiger partial charge >= 0.3 is 6.09 Å². The smallest absolute Gasteiger partial charge is 0.415 e. The molecule has 40 heavy (non-hydrogen) atoms. The molecule has 3 aromatic rings. The van der Waals surface area contributed by atoms with Crippen LogP contribution < -0.4 is 10.2 Å². The molecule has 1 spiro atoms. The van der Waals surface area contributed by atoms with Crippen molar-refractivity contribution in [3.63, 3.8) is 0 Å². The van der Waals surface area contributed by atoms with Gasteiger partial charge in [0.05, 0.1) is 24.8 Å². The summed E-state index contributed by atoms with van der Waals surface area (Å²) in [5.74, 6) is 0.651. The van der Waals surface area contributed by atoms with Crippen molar-refractivity contribution in [2.45, 2.75) is 87.9 Å². The number of hydrogen-bond acceptors (Lipinski definition) is 7. The van der Waals surface area contributed by atoms with Crippen molar-refractivity contribution in [1.29, 1.82) is 0 Å². The van der Waals surface area contributed by atoms with Crippen LogP contribution >= 0.6 is 0 Å². The van der Waals surface area contributed by atoms with E-state index in [-0.39, 0.29) is 18.0 Å². The molecule has 3 aliphatic heterocycles. The van der Waals surface area contributed by atoms with Gasteiger partial charge in [-0.15, -0.1) is 0 Å². The molecule has 210 valence electrons. The van der Waals surface area contributed by atoms with Crippen molar-refractivity contribution in [3.05, 3.63) is 47.8 Å². The topological polar surface area (TPSA) is 105 Å². The summed E-state index contributed by atoms with van der Waals surface area (Å²) in [6.45, 7) is 0.577. The van der Waals surface area contributed by atoms with Gasteiger partial charge in [0.1, 0.15) is 22.8 Å². The molecule has 0 radical (unpaired) electrons. The highest BCUT2D eigenvalue weighted by molar-refractivity contribution is 5.97. The van der Waals surface area contributed by atoms with Gasteiger partial charge in [-0.25, -0.2) is 14.8 Å². The van der Waals surface area contributed by atoms with E-state index in [2.05, 4.69) is 19.9 Å². The first kappa shape index (κ1) is 25.4. The van der Waals surface area contributed by atoms with E-state index in [1.54, 1.807) is 30.1 Å². The third-order valence-electron chi connectivity index (χ3n) is 9.19. The zero-order valence-corrected chi connectivity index (χ0v) is 23.3. The number of piperidine rings is 1. The summed E-state index contributed by atoms with van der Waals surface area (Å²) >= 11 is 0. The van der Waals surface area contributed by atoms with Gasteiger partial charge in [-0.2, -0.15) is 0 Å². The average Bonchev–Trinajstić information content (AvgIpc) is 3.61. The van der Waals surface area contributed by atoms with E-state index in [1.165, 1.54) is 6.42 Å². The van der Waals surface area contributed by atoms with Crippen molar-refractivity contribution in [2.75, 3.05) is 25.5 Å².